The largest absolute Gasteiger partial charge is 0.368 e. The van der Waals surface area contributed by atoms with Crippen LogP contribution >= 0.6 is 11.8 Å². The molecule has 31 heavy (non-hydrogen) atoms. The normalized spacial score (nSPS) is 18.0. The van der Waals surface area contributed by atoms with Gasteiger partial charge in [0.05, 0.1) is 5.25 Å². The van der Waals surface area contributed by atoms with E-state index in [0.29, 0.717) is 25.8 Å². The molecule has 2 atom stereocenters. The van der Waals surface area contributed by atoms with Gasteiger partial charge in [-0.2, -0.15) is 0 Å². The second-order valence-electron chi connectivity index (χ2n) is 9.46. The first-order chi connectivity index (χ1) is 14.4. The van der Waals surface area contributed by atoms with E-state index in [-0.39, 0.29) is 40.1 Å². The number of nitrogens with zero attached hydrogens (tertiary/aromatic N) is 2. The van der Waals surface area contributed by atoms with Crippen LogP contribution in [-0.4, -0.2) is 63.1 Å². The molecule has 0 saturated carbocycles. The molecule has 0 aromatic heterocycles. The summed E-state index contributed by atoms with van der Waals surface area (Å²) in [5.41, 5.74) is 5.42. The first-order valence-corrected chi connectivity index (χ1v) is 12.4. The Morgan fingerprint density at radius 1 is 1.19 bits per heavy atom. The molecule has 1 rings (SSSR count). The van der Waals surface area contributed by atoms with E-state index in [1.165, 1.54) is 9.80 Å². The average Bonchev–Trinajstić information content (AvgIpc) is 2.91. The molecular formula is C23H41N3O4S. The Balaban J connectivity index is 2.42. The van der Waals surface area contributed by atoms with E-state index in [4.69, 9.17) is 5.73 Å². The molecular weight excluding hydrogens is 414 g/mol. The Morgan fingerprint density at radius 2 is 1.84 bits per heavy atom. The van der Waals surface area contributed by atoms with Gasteiger partial charge in [-0.1, -0.05) is 53.9 Å². The molecule has 1 heterocycles. The fourth-order valence-electron chi connectivity index (χ4n) is 4.05. The number of nitrogens with two attached hydrogens (primary N) is 1. The number of rotatable bonds is 14. The Hall–Kier alpha value is -1.57. The Labute approximate surface area is 191 Å². The molecule has 0 aliphatic carbocycles. The highest BCUT2D eigenvalue weighted by atomic mass is 32.2. The van der Waals surface area contributed by atoms with Crippen LogP contribution in [0.4, 0.5) is 0 Å². The minimum Gasteiger partial charge on any atom is -0.368 e. The molecule has 4 amide bonds. The molecule has 7 nitrogen and oxygen atoms in total. The third kappa shape index (κ3) is 8.47. The summed E-state index contributed by atoms with van der Waals surface area (Å²) in [4.78, 5) is 51.8. The summed E-state index contributed by atoms with van der Waals surface area (Å²) >= 11 is 1.62. The highest BCUT2D eigenvalue weighted by molar-refractivity contribution is 8.02. The Morgan fingerprint density at radius 3 is 2.39 bits per heavy atom. The highest BCUT2D eigenvalue weighted by Gasteiger charge is 2.41. The van der Waals surface area contributed by atoms with Gasteiger partial charge in [0.2, 0.25) is 23.6 Å². The van der Waals surface area contributed by atoms with Crippen LogP contribution in [0, 0.1) is 5.92 Å². The fraction of sp³-hybridized carbons (Fsp3) is 0.826. The van der Waals surface area contributed by atoms with Gasteiger partial charge in [-0.25, -0.2) is 0 Å². The molecule has 178 valence electrons. The lowest BCUT2D eigenvalue weighted by Crippen LogP contribution is -2.48. The maximum absolute atomic E-state index is 12.7. The summed E-state index contributed by atoms with van der Waals surface area (Å²) in [6.45, 7) is 10.6. The summed E-state index contributed by atoms with van der Waals surface area (Å²) in [6.07, 6.45) is 5.92. The van der Waals surface area contributed by atoms with Crippen molar-refractivity contribution in [1.29, 1.82) is 0 Å². The zero-order valence-electron chi connectivity index (χ0n) is 20.1. The van der Waals surface area contributed by atoms with Gasteiger partial charge < -0.3 is 10.6 Å². The van der Waals surface area contributed by atoms with Crippen molar-refractivity contribution in [3.63, 3.8) is 0 Å². The van der Waals surface area contributed by atoms with Gasteiger partial charge >= 0.3 is 0 Å². The first-order valence-electron chi connectivity index (χ1n) is 11.5. The van der Waals surface area contributed by atoms with Crippen molar-refractivity contribution in [2.24, 2.45) is 11.7 Å². The van der Waals surface area contributed by atoms with Crippen LogP contribution in [0.2, 0.25) is 0 Å². The molecule has 1 saturated heterocycles. The number of carbonyl (C=O) groups excluding carboxylic acids is 4. The lowest BCUT2D eigenvalue weighted by Gasteiger charge is -2.28. The van der Waals surface area contributed by atoms with Gasteiger partial charge in [0.1, 0.15) is 6.04 Å². The maximum atomic E-state index is 12.7. The van der Waals surface area contributed by atoms with Crippen molar-refractivity contribution in [1.82, 2.24) is 9.80 Å². The minimum absolute atomic E-state index is 0.0161. The molecule has 1 aliphatic heterocycles. The number of carbonyl (C=O) groups is 4. The molecule has 0 aromatic rings. The van der Waals surface area contributed by atoms with Crippen LogP contribution in [-0.2, 0) is 19.2 Å². The third-order valence-electron chi connectivity index (χ3n) is 5.80. The van der Waals surface area contributed by atoms with Crippen molar-refractivity contribution in [3.05, 3.63) is 0 Å². The van der Waals surface area contributed by atoms with Gasteiger partial charge in [0, 0.05) is 31.2 Å². The van der Waals surface area contributed by atoms with E-state index in [1.54, 1.807) is 18.8 Å². The van der Waals surface area contributed by atoms with E-state index >= 15 is 0 Å². The summed E-state index contributed by atoms with van der Waals surface area (Å²) in [7, 11) is 1.61. The molecule has 1 aliphatic rings. The molecule has 8 heteroatoms. The van der Waals surface area contributed by atoms with E-state index in [0.717, 1.165) is 25.7 Å². The van der Waals surface area contributed by atoms with Crippen LogP contribution in [0.25, 0.3) is 0 Å². The van der Waals surface area contributed by atoms with Gasteiger partial charge in [0.15, 0.2) is 0 Å². The van der Waals surface area contributed by atoms with Gasteiger partial charge in [-0.3, -0.25) is 24.1 Å². The number of hydrogen-bond acceptors (Lipinski definition) is 5. The van der Waals surface area contributed by atoms with E-state index in [1.807, 2.05) is 13.8 Å². The lowest BCUT2D eigenvalue weighted by atomic mass is 10.0. The quantitative estimate of drug-likeness (QED) is 0.320. The van der Waals surface area contributed by atoms with Crippen LogP contribution in [0.3, 0.4) is 0 Å². The number of amides is 4. The zero-order valence-corrected chi connectivity index (χ0v) is 20.9. The molecule has 1 unspecified atom stereocenters. The van der Waals surface area contributed by atoms with E-state index < -0.39 is 11.9 Å². The van der Waals surface area contributed by atoms with Crippen LogP contribution in [0.1, 0.15) is 86.0 Å². The van der Waals surface area contributed by atoms with Gasteiger partial charge in [-0.15, -0.1) is 11.8 Å². The molecule has 2 N–H and O–H groups in total. The second-order valence-corrected chi connectivity index (χ2v) is 11.4. The smallest absolute Gasteiger partial charge is 0.242 e. The maximum Gasteiger partial charge on any atom is 0.242 e. The van der Waals surface area contributed by atoms with Crippen molar-refractivity contribution in [2.45, 2.75) is 102 Å². The standard InChI is InChI=1S/C23H41N3O4S/c1-7-8-13-23(4,5)31-17-15-19(28)26(22(17)30)14-11-9-10-12-18(27)25(6)20(16(2)3)21(24)29/h16-17,20H,7-15H2,1-6H3,(H2,24,29)/t17?,20-/m0/s1. The van der Waals surface area contributed by atoms with Crippen LogP contribution < -0.4 is 5.73 Å². The van der Waals surface area contributed by atoms with Crippen molar-refractivity contribution < 1.29 is 19.2 Å². The summed E-state index contributed by atoms with van der Waals surface area (Å²) in [5.74, 6) is -0.822. The number of thioether (sulfide) groups is 1. The van der Waals surface area contributed by atoms with Crippen molar-refractivity contribution in [2.75, 3.05) is 13.6 Å². The predicted octanol–water partition coefficient (Wildman–Crippen LogP) is 3.34. The summed E-state index contributed by atoms with van der Waals surface area (Å²) in [5, 5.41) is -0.281. The van der Waals surface area contributed by atoms with E-state index in [9.17, 15) is 19.2 Å². The van der Waals surface area contributed by atoms with Gasteiger partial charge in [-0.05, 0) is 25.2 Å². The molecule has 0 radical (unpaired) electrons. The fourth-order valence-corrected chi connectivity index (χ4v) is 5.53. The highest BCUT2D eigenvalue weighted by Crippen LogP contribution is 2.38. The van der Waals surface area contributed by atoms with Crippen LogP contribution in [0.15, 0.2) is 0 Å². The predicted molar refractivity (Wildman–Crippen MR) is 125 cm³/mol. The number of hydrogen-bond donors (Lipinski definition) is 1. The minimum atomic E-state index is -0.608. The summed E-state index contributed by atoms with van der Waals surface area (Å²) < 4.78 is -0.0161. The number of unbranched alkanes of at least 4 members (excludes halogenated alkanes) is 3. The SMILES string of the molecule is CCCCC(C)(C)SC1CC(=O)N(CCCCCC(=O)N(C)[C@H](C(N)=O)C(C)C)C1=O. The third-order valence-corrected chi connectivity index (χ3v) is 7.30. The molecule has 0 aromatic carbocycles. The first kappa shape index (κ1) is 27.5. The number of primary amides is 1. The lowest BCUT2D eigenvalue weighted by molar-refractivity contribution is -0.139. The Kier molecular flexibility index (Phi) is 11.0. The molecule has 1 fully saturated rings. The average molecular weight is 456 g/mol. The van der Waals surface area contributed by atoms with Crippen molar-refractivity contribution in [3.8, 4) is 0 Å². The monoisotopic (exact) mass is 455 g/mol. The summed E-state index contributed by atoms with van der Waals surface area (Å²) in [6, 6.07) is -0.608. The molecule has 0 spiro atoms. The number of likely N-dealkylation sites (tertiary alicyclic amines) is 1. The van der Waals surface area contributed by atoms with Gasteiger partial charge in [0.25, 0.3) is 0 Å². The topological polar surface area (TPSA) is 101 Å². The number of likely N-dealkylation sites (N-methyl/N-ethyl adjacent to an activating group) is 1. The van der Waals surface area contributed by atoms with Crippen molar-refractivity contribution >= 4 is 35.4 Å². The molecule has 0 bridgehead atoms. The van der Waals surface area contributed by atoms with E-state index in [2.05, 4.69) is 20.8 Å². The Bertz CT molecular complexity index is 651. The zero-order chi connectivity index (χ0) is 23.8. The number of imide groups is 1. The van der Waals surface area contributed by atoms with Crippen LogP contribution in [0.5, 0.6) is 0 Å². The second kappa shape index (κ2) is 12.5.